The molecule has 1 amide bonds. The average Bonchev–Trinajstić information content (AvgIpc) is 2.58. The molecule has 0 radical (unpaired) electrons. The molecule has 4 unspecified atom stereocenters. The van der Waals surface area contributed by atoms with Gasteiger partial charge in [0.25, 0.3) is 0 Å². The fourth-order valence-electron chi connectivity index (χ4n) is 4.29. The molecule has 1 aliphatic heterocycles. The molecule has 6 atom stereocenters. The predicted molar refractivity (Wildman–Crippen MR) is 64.6 cm³/mol. The van der Waals surface area contributed by atoms with Crippen molar-refractivity contribution in [1.29, 1.82) is 0 Å². The second-order valence-electron chi connectivity index (χ2n) is 5.92. The summed E-state index contributed by atoms with van der Waals surface area (Å²) in [5.41, 5.74) is 0. The van der Waals surface area contributed by atoms with E-state index in [1.54, 1.807) is 0 Å². The molecule has 3 aliphatic carbocycles. The third kappa shape index (κ3) is 1.73. The predicted octanol–water partition coefficient (Wildman–Crippen LogP) is 2.18. The summed E-state index contributed by atoms with van der Waals surface area (Å²) < 4.78 is 37.7. The third-order valence-electron chi connectivity index (χ3n) is 4.97. The van der Waals surface area contributed by atoms with Crippen molar-refractivity contribution in [3.05, 3.63) is 0 Å². The molecule has 104 valence electrons. The summed E-state index contributed by atoms with van der Waals surface area (Å²) in [4.78, 5) is 15.7. The standard InChI is InChI=1S/C12H13F3N2OS/c13-12(14,15)9-10(18)17-11(19-9)16-6-3-4-1-2-5-7(4)8(5)6/h4-9H,1-3H2,(H,16,17,18)/t4-,5?,6-,7?,8?,9?/m0/s1. The number of alkyl halides is 3. The number of nitrogens with one attached hydrogen (secondary N) is 1. The minimum Gasteiger partial charge on any atom is -0.304 e. The fourth-order valence-corrected chi connectivity index (χ4v) is 5.17. The summed E-state index contributed by atoms with van der Waals surface area (Å²) in [5.74, 6) is 1.85. The molecule has 1 N–H and O–H groups in total. The first-order chi connectivity index (χ1) is 8.95. The molecule has 3 saturated carbocycles. The van der Waals surface area contributed by atoms with E-state index in [2.05, 4.69) is 10.3 Å². The SMILES string of the molecule is O=C1NC(=N[C@H]2C[C@@H]3CCC4C3C42)SC1C(F)(F)F. The Hall–Kier alpha value is -0.720. The van der Waals surface area contributed by atoms with Crippen LogP contribution in [0.25, 0.3) is 0 Å². The molecule has 4 aliphatic rings. The third-order valence-corrected chi connectivity index (χ3v) is 6.12. The van der Waals surface area contributed by atoms with Gasteiger partial charge in [-0.3, -0.25) is 9.79 Å². The summed E-state index contributed by atoms with van der Waals surface area (Å²) in [6.07, 6.45) is -1.00. The van der Waals surface area contributed by atoms with Gasteiger partial charge in [-0.1, -0.05) is 11.8 Å². The Labute approximate surface area is 112 Å². The molecule has 19 heavy (non-hydrogen) atoms. The van der Waals surface area contributed by atoms with Crippen LogP contribution in [0.4, 0.5) is 13.2 Å². The molecule has 0 aromatic heterocycles. The van der Waals surface area contributed by atoms with Crippen LogP contribution in [0.5, 0.6) is 0 Å². The van der Waals surface area contributed by atoms with Gasteiger partial charge in [-0.05, 0) is 42.9 Å². The van der Waals surface area contributed by atoms with Gasteiger partial charge >= 0.3 is 6.18 Å². The van der Waals surface area contributed by atoms with Gasteiger partial charge in [-0.2, -0.15) is 13.2 Å². The zero-order chi connectivity index (χ0) is 13.4. The molecule has 0 spiro atoms. The number of amidine groups is 1. The number of thioether (sulfide) groups is 1. The van der Waals surface area contributed by atoms with Crippen molar-refractivity contribution in [3.63, 3.8) is 0 Å². The van der Waals surface area contributed by atoms with E-state index in [9.17, 15) is 18.0 Å². The molecule has 0 aromatic rings. The Kier molecular flexibility index (Phi) is 2.33. The van der Waals surface area contributed by atoms with E-state index in [1.165, 1.54) is 12.8 Å². The van der Waals surface area contributed by atoms with E-state index in [-0.39, 0.29) is 11.2 Å². The molecule has 1 heterocycles. The van der Waals surface area contributed by atoms with Crippen LogP contribution in [-0.4, -0.2) is 28.5 Å². The highest BCUT2D eigenvalue weighted by molar-refractivity contribution is 8.15. The highest BCUT2D eigenvalue weighted by Crippen LogP contribution is 2.69. The Morgan fingerprint density at radius 2 is 2.05 bits per heavy atom. The van der Waals surface area contributed by atoms with Gasteiger partial charge in [0.15, 0.2) is 10.4 Å². The molecule has 3 nitrogen and oxygen atoms in total. The number of aliphatic imine (C=N–C) groups is 1. The lowest BCUT2D eigenvalue weighted by molar-refractivity contribution is -0.148. The van der Waals surface area contributed by atoms with E-state index in [0.29, 0.717) is 17.7 Å². The number of carbonyl (C=O) groups is 1. The number of hydrogen-bond acceptors (Lipinski definition) is 3. The minimum absolute atomic E-state index is 0.136. The number of carbonyl (C=O) groups excluding carboxylic acids is 1. The average molecular weight is 290 g/mol. The molecule has 7 heteroatoms. The van der Waals surface area contributed by atoms with E-state index >= 15 is 0 Å². The molecule has 4 rings (SSSR count). The topological polar surface area (TPSA) is 41.5 Å². The maximum Gasteiger partial charge on any atom is 0.409 e. The Balaban J connectivity index is 1.49. The van der Waals surface area contributed by atoms with Gasteiger partial charge in [0.05, 0.1) is 6.04 Å². The normalized spacial score (nSPS) is 49.6. The van der Waals surface area contributed by atoms with Crippen molar-refractivity contribution in [1.82, 2.24) is 5.32 Å². The second kappa shape index (κ2) is 3.68. The van der Waals surface area contributed by atoms with Gasteiger partial charge in [-0.25, -0.2) is 0 Å². The van der Waals surface area contributed by atoms with Crippen molar-refractivity contribution >= 4 is 22.8 Å². The molecular formula is C12H13F3N2OS. The van der Waals surface area contributed by atoms with Crippen LogP contribution in [0.2, 0.25) is 0 Å². The Bertz CT molecular complexity index is 478. The quantitative estimate of drug-likeness (QED) is 0.804. The summed E-state index contributed by atoms with van der Waals surface area (Å²) in [6, 6.07) is 0.136. The molecule has 0 aromatic carbocycles. The maximum absolute atomic E-state index is 12.6. The lowest BCUT2D eigenvalue weighted by Crippen LogP contribution is -2.35. The molecule has 1 saturated heterocycles. The van der Waals surface area contributed by atoms with E-state index in [4.69, 9.17) is 0 Å². The van der Waals surface area contributed by atoms with Crippen LogP contribution in [0.1, 0.15) is 19.3 Å². The largest absolute Gasteiger partial charge is 0.409 e. The van der Waals surface area contributed by atoms with E-state index in [1.807, 2.05) is 0 Å². The van der Waals surface area contributed by atoms with Crippen molar-refractivity contribution in [2.75, 3.05) is 0 Å². The number of fused-ring (bicyclic) bond motifs is 1. The van der Waals surface area contributed by atoms with Gasteiger partial charge in [0, 0.05) is 0 Å². The van der Waals surface area contributed by atoms with Gasteiger partial charge < -0.3 is 5.32 Å². The van der Waals surface area contributed by atoms with Crippen LogP contribution >= 0.6 is 11.8 Å². The zero-order valence-electron chi connectivity index (χ0n) is 9.98. The van der Waals surface area contributed by atoms with Crippen molar-refractivity contribution in [2.24, 2.45) is 28.7 Å². The summed E-state index contributed by atoms with van der Waals surface area (Å²) in [6.45, 7) is 0. The van der Waals surface area contributed by atoms with Gasteiger partial charge in [0.2, 0.25) is 5.91 Å². The lowest BCUT2D eigenvalue weighted by Gasteiger charge is -2.10. The van der Waals surface area contributed by atoms with Gasteiger partial charge in [-0.15, -0.1) is 0 Å². The van der Waals surface area contributed by atoms with Crippen LogP contribution in [0, 0.1) is 23.7 Å². The lowest BCUT2D eigenvalue weighted by atomic mass is 10.0. The van der Waals surface area contributed by atoms with Crippen molar-refractivity contribution in [3.8, 4) is 0 Å². The Morgan fingerprint density at radius 3 is 2.63 bits per heavy atom. The van der Waals surface area contributed by atoms with Crippen LogP contribution in [0.3, 0.4) is 0 Å². The smallest absolute Gasteiger partial charge is 0.304 e. The van der Waals surface area contributed by atoms with Crippen LogP contribution < -0.4 is 5.32 Å². The van der Waals surface area contributed by atoms with Gasteiger partial charge in [0.1, 0.15) is 0 Å². The highest BCUT2D eigenvalue weighted by atomic mass is 32.2. The molecule has 0 bridgehead atoms. The van der Waals surface area contributed by atoms with Crippen molar-refractivity contribution in [2.45, 2.75) is 36.7 Å². The number of halogens is 3. The number of rotatable bonds is 1. The fraction of sp³-hybridized carbons (Fsp3) is 0.833. The Morgan fingerprint density at radius 1 is 1.26 bits per heavy atom. The van der Waals surface area contributed by atoms with E-state index in [0.717, 1.165) is 24.2 Å². The molecule has 4 fully saturated rings. The second-order valence-corrected chi connectivity index (χ2v) is 7.02. The van der Waals surface area contributed by atoms with Crippen molar-refractivity contribution < 1.29 is 18.0 Å². The maximum atomic E-state index is 12.6. The summed E-state index contributed by atoms with van der Waals surface area (Å²) in [7, 11) is 0. The molecular weight excluding hydrogens is 277 g/mol. The summed E-state index contributed by atoms with van der Waals surface area (Å²) in [5, 5.41) is 0.464. The first-order valence-corrected chi connectivity index (χ1v) is 7.45. The number of amides is 1. The summed E-state index contributed by atoms with van der Waals surface area (Å²) >= 11 is 0.520. The zero-order valence-corrected chi connectivity index (χ0v) is 10.8. The van der Waals surface area contributed by atoms with Crippen LogP contribution in [-0.2, 0) is 4.79 Å². The monoisotopic (exact) mass is 290 g/mol. The first-order valence-electron chi connectivity index (χ1n) is 6.57. The highest BCUT2D eigenvalue weighted by Gasteiger charge is 2.65. The first kappa shape index (κ1) is 12.1. The van der Waals surface area contributed by atoms with E-state index < -0.39 is 17.3 Å². The minimum atomic E-state index is -4.50. The van der Waals surface area contributed by atoms with Crippen LogP contribution in [0.15, 0.2) is 4.99 Å². The number of nitrogens with zero attached hydrogens (tertiary/aromatic N) is 1. The number of hydrogen-bond donors (Lipinski definition) is 1.